The van der Waals surface area contributed by atoms with Crippen molar-refractivity contribution in [2.45, 2.75) is 19.3 Å². The third kappa shape index (κ3) is 3.92. The Labute approximate surface area is 184 Å². The van der Waals surface area contributed by atoms with Crippen molar-refractivity contribution in [1.82, 2.24) is 29.7 Å². The van der Waals surface area contributed by atoms with E-state index in [-0.39, 0.29) is 5.91 Å². The van der Waals surface area contributed by atoms with Crippen LogP contribution in [0.2, 0.25) is 0 Å². The molecule has 0 aliphatic carbocycles. The highest BCUT2D eigenvalue weighted by Gasteiger charge is 2.25. The summed E-state index contributed by atoms with van der Waals surface area (Å²) in [6.45, 7) is 5.43. The molecule has 0 unspecified atom stereocenters. The van der Waals surface area contributed by atoms with Gasteiger partial charge in [0, 0.05) is 57.2 Å². The van der Waals surface area contributed by atoms with Gasteiger partial charge in [-0.25, -0.2) is 19.9 Å². The second-order valence-corrected chi connectivity index (χ2v) is 9.17. The number of amides is 1. The van der Waals surface area contributed by atoms with Gasteiger partial charge in [-0.3, -0.25) is 4.79 Å². The van der Waals surface area contributed by atoms with Crippen LogP contribution in [0.3, 0.4) is 0 Å². The molecule has 5 heterocycles. The summed E-state index contributed by atoms with van der Waals surface area (Å²) >= 11 is 1.32. The SMILES string of the molecule is CN1CCN(c2ncc(-c3cnc4c(N)c(C(=O)N5CCCCC5)sc4n3)cn2)CC1. The third-order valence-corrected chi connectivity index (χ3v) is 7.07. The van der Waals surface area contributed by atoms with E-state index in [0.29, 0.717) is 26.6 Å². The Morgan fingerprint density at radius 2 is 1.68 bits per heavy atom. The summed E-state index contributed by atoms with van der Waals surface area (Å²) in [5, 5.41) is 0. The fourth-order valence-corrected chi connectivity index (χ4v) is 5.07. The van der Waals surface area contributed by atoms with Gasteiger partial charge in [-0.05, 0) is 26.3 Å². The van der Waals surface area contributed by atoms with E-state index in [4.69, 9.17) is 10.7 Å². The van der Waals surface area contributed by atoms with E-state index >= 15 is 0 Å². The Kier molecular flexibility index (Phi) is 5.41. The maximum Gasteiger partial charge on any atom is 0.266 e. The number of piperazine rings is 1. The number of hydrogen-bond donors (Lipinski definition) is 1. The first-order valence-electron chi connectivity index (χ1n) is 10.7. The molecule has 2 fully saturated rings. The van der Waals surface area contributed by atoms with E-state index in [2.05, 4.69) is 31.8 Å². The molecule has 0 radical (unpaired) electrons. The Morgan fingerprint density at radius 3 is 2.39 bits per heavy atom. The van der Waals surface area contributed by atoms with Crippen LogP contribution in [0.1, 0.15) is 28.9 Å². The van der Waals surface area contributed by atoms with E-state index in [1.165, 1.54) is 17.8 Å². The zero-order valence-electron chi connectivity index (χ0n) is 17.6. The normalized spacial score (nSPS) is 18.0. The van der Waals surface area contributed by atoms with Crippen LogP contribution in [0.4, 0.5) is 11.6 Å². The number of nitrogens with zero attached hydrogens (tertiary/aromatic N) is 7. The average Bonchev–Trinajstić information content (AvgIpc) is 3.15. The molecule has 3 aromatic rings. The van der Waals surface area contributed by atoms with Gasteiger partial charge < -0.3 is 20.4 Å². The monoisotopic (exact) mass is 438 g/mol. The molecule has 0 atom stereocenters. The summed E-state index contributed by atoms with van der Waals surface area (Å²) in [6.07, 6.45) is 8.51. The van der Waals surface area contributed by atoms with Crippen molar-refractivity contribution in [2.75, 3.05) is 56.9 Å². The number of carbonyl (C=O) groups excluding carboxylic acids is 1. The van der Waals surface area contributed by atoms with Crippen LogP contribution in [-0.2, 0) is 0 Å². The van der Waals surface area contributed by atoms with Gasteiger partial charge in [-0.2, -0.15) is 0 Å². The minimum absolute atomic E-state index is 0.0107. The first kappa shape index (κ1) is 20.1. The molecule has 162 valence electrons. The Bertz CT molecular complexity index is 1080. The number of nitrogen functional groups attached to an aromatic ring is 1. The Morgan fingerprint density at radius 1 is 0.968 bits per heavy atom. The predicted molar refractivity (Wildman–Crippen MR) is 122 cm³/mol. The fraction of sp³-hybridized carbons (Fsp3) is 0.476. The molecular weight excluding hydrogens is 412 g/mol. The minimum Gasteiger partial charge on any atom is -0.396 e. The topological polar surface area (TPSA) is 104 Å². The smallest absolute Gasteiger partial charge is 0.266 e. The van der Waals surface area contributed by atoms with Crippen LogP contribution in [0.15, 0.2) is 18.6 Å². The van der Waals surface area contributed by atoms with E-state index in [9.17, 15) is 4.79 Å². The number of fused-ring (bicyclic) bond motifs is 1. The molecule has 31 heavy (non-hydrogen) atoms. The standard InChI is InChI=1S/C21H26N8OS/c1-27-7-9-29(10-8-27)21-24-11-14(12-25-21)15-13-23-17-16(22)18(31-19(17)26-15)20(30)28-5-3-2-4-6-28/h11-13H,2-10,22H2,1H3. The number of aromatic nitrogens is 4. The molecule has 0 aromatic carbocycles. The summed E-state index contributed by atoms with van der Waals surface area (Å²) in [6, 6.07) is 0. The number of carbonyl (C=O) groups is 1. The van der Waals surface area contributed by atoms with Crippen molar-refractivity contribution in [3.05, 3.63) is 23.5 Å². The molecule has 9 nitrogen and oxygen atoms in total. The fourth-order valence-electron chi connectivity index (χ4n) is 4.05. The third-order valence-electron chi connectivity index (χ3n) is 6.00. The molecular formula is C21H26N8OS. The minimum atomic E-state index is -0.0107. The number of thiophene rings is 1. The molecule has 0 bridgehead atoms. The molecule has 0 saturated carbocycles. The highest BCUT2D eigenvalue weighted by Crippen LogP contribution is 2.33. The lowest BCUT2D eigenvalue weighted by Gasteiger charge is -2.32. The summed E-state index contributed by atoms with van der Waals surface area (Å²) in [7, 11) is 2.12. The van der Waals surface area contributed by atoms with Crippen LogP contribution in [-0.4, -0.2) is 82.0 Å². The van der Waals surface area contributed by atoms with Gasteiger partial charge in [0.2, 0.25) is 5.95 Å². The van der Waals surface area contributed by atoms with Gasteiger partial charge in [0.25, 0.3) is 5.91 Å². The summed E-state index contributed by atoms with van der Waals surface area (Å²) in [4.78, 5) is 38.8. The van der Waals surface area contributed by atoms with Crippen molar-refractivity contribution in [1.29, 1.82) is 0 Å². The largest absolute Gasteiger partial charge is 0.396 e. The maximum atomic E-state index is 12.9. The lowest BCUT2D eigenvalue weighted by Crippen LogP contribution is -2.45. The van der Waals surface area contributed by atoms with E-state index in [0.717, 1.165) is 63.6 Å². The van der Waals surface area contributed by atoms with Crippen molar-refractivity contribution in [3.63, 3.8) is 0 Å². The number of hydrogen-bond acceptors (Lipinski definition) is 9. The zero-order chi connectivity index (χ0) is 21.4. The lowest BCUT2D eigenvalue weighted by molar-refractivity contribution is 0.0730. The summed E-state index contributed by atoms with van der Waals surface area (Å²) in [5.74, 6) is 0.726. The number of likely N-dealkylation sites (N-methyl/N-ethyl adjacent to an activating group) is 1. The number of rotatable bonds is 3. The molecule has 2 aliphatic rings. The van der Waals surface area contributed by atoms with Crippen molar-refractivity contribution < 1.29 is 4.79 Å². The highest BCUT2D eigenvalue weighted by atomic mass is 32.1. The first-order chi connectivity index (χ1) is 15.1. The van der Waals surface area contributed by atoms with Gasteiger partial charge in [-0.1, -0.05) is 0 Å². The molecule has 3 aromatic heterocycles. The number of anilines is 2. The van der Waals surface area contributed by atoms with Crippen molar-refractivity contribution in [3.8, 4) is 11.3 Å². The first-order valence-corrected chi connectivity index (χ1v) is 11.5. The van der Waals surface area contributed by atoms with E-state index in [1.807, 2.05) is 4.90 Å². The molecule has 5 rings (SSSR count). The van der Waals surface area contributed by atoms with Crippen LogP contribution in [0.5, 0.6) is 0 Å². The molecule has 1 amide bonds. The van der Waals surface area contributed by atoms with Gasteiger partial charge in [0.1, 0.15) is 15.2 Å². The number of likely N-dealkylation sites (tertiary alicyclic amines) is 1. The molecule has 2 aliphatic heterocycles. The van der Waals surface area contributed by atoms with Crippen molar-refractivity contribution in [2.24, 2.45) is 0 Å². The molecule has 10 heteroatoms. The van der Waals surface area contributed by atoms with Crippen LogP contribution in [0, 0.1) is 0 Å². The number of nitrogens with two attached hydrogens (primary N) is 1. The molecule has 2 saturated heterocycles. The number of piperidine rings is 1. The summed E-state index contributed by atoms with van der Waals surface area (Å²) in [5.41, 5.74) is 8.76. The van der Waals surface area contributed by atoms with E-state index in [1.54, 1.807) is 18.6 Å². The van der Waals surface area contributed by atoms with Crippen LogP contribution >= 0.6 is 11.3 Å². The Balaban J connectivity index is 1.39. The maximum absolute atomic E-state index is 12.9. The van der Waals surface area contributed by atoms with Crippen LogP contribution < -0.4 is 10.6 Å². The van der Waals surface area contributed by atoms with Gasteiger partial charge in [-0.15, -0.1) is 11.3 Å². The second kappa shape index (κ2) is 8.35. The second-order valence-electron chi connectivity index (χ2n) is 8.17. The zero-order valence-corrected chi connectivity index (χ0v) is 18.4. The van der Waals surface area contributed by atoms with E-state index < -0.39 is 0 Å². The predicted octanol–water partition coefficient (Wildman–Crippen LogP) is 2.11. The van der Waals surface area contributed by atoms with Gasteiger partial charge in [0.05, 0.1) is 17.6 Å². The molecule has 2 N–H and O–H groups in total. The quantitative estimate of drug-likeness (QED) is 0.663. The highest BCUT2D eigenvalue weighted by molar-refractivity contribution is 7.21. The Hall–Kier alpha value is -2.85. The van der Waals surface area contributed by atoms with Crippen LogP contribution in [0.25, 0.3) is 21.6 Å². The molecule has 0 spiro atoms. The van der Waals surface area contributed by atoms with Crippen molar-refractivity contribution >= 4 is 39.2 Å². The van der Waals surface area contributed by atoms with Gasteiger partial charge in [0.15, 0.2) is 0 Å². The summed E-state index contributed by atoms with van der Waals surface area (Å²) < 4.78 is 0. The van der Waals surface area contributed by atoms with Gasteiger partial charge >= 0.3 is 0 Å². The lowest BCUT2D eigenvalue weighted by atomic mass is 10.1. The average molecular weight is 439 g/mol.